The van der Waals surface area contributed by atoms with E-state index in [1.54, 1.807) is 31.2 Å². The number of nitrogens with zero attached hydrogens (tertiary/aromatic N) is 1. The number of carbonyl (C=O) groups excluding carboxylic acids is 1. The molecule has 0 bridgehead atoms. The van der Waals surface area contributed by atoms with Gasteiger partial charge in [0.15, 0.2) is 6.10 Å². The van der Waals surface area contributed by atoms with Gasteiger partial charge in [0.2, 0.25) is 10.0 Å². The van der Waals surface area contributed by atoms with Gasteiger partial charge >= 0.3 is 0 Å². The average Bonchev–Trinajstić information content (AvgIpc) is 2.62. The molecule has 1 amide bonds. The fourth-order valence-corrected chi connectivity index (χ4v) is 3.12. The molecule has 1 atom stereocenters. The molecule has 2 aromatic rings. The Balaban J connectivity index is 2.07. The zero-order chi connectivity index (χ0) is 20.2. The maximum Gasteiger partial charge on any atom is 0.265 e. The Labute approximate surface area is 161 Å². The summed E-state index contributed by atoms with van der Waals surface area (Å²) in [6.07, 6.45) is 1.26. The van der Waals surface area contributed by atoms with E-state index in [1.165, 1.54) is 11.4 Å². The minimum Gasteiger partial charge on any atom is -0.481 e. The molecule has 0 heterocycles. The first-order valence-corrected chi connectivity index (χ1v) is 10.6. The van der Waals surface area contributed by atoms with Gasteiger partial charge in [-0.15, -0.1) is 0 Å². The molecular weight excluding hydrogens is 364 g/mol. The highest BCUT2D eigenvalue weighted by Crippen LogP contribution is 2.23. The molecule has 0 aromatic heterocycles. The van der Waals surface area contributed by atoms with Crippen LogP contribution in [0.2, 0.25) is 0 Å². The number of anilines is 2. The molecule has 27 heavy (non-hydrogen) atoms. The van der Waals surface area contributed by atoms with Crippen LogP contribution in [0.4, 0.5) is 11.4 Å². The third kappa shape index (κ3) is 5.23. The number of ether oxygens (including phenoxy) is 1. The second-order valence-electron chi connectivity index (χ2n) is 6.44. The van der Waals surface area contributed by atoms with Crippen molar-refractivity contribution < 1.29 is 17.9 Å². The van der Waals surface area contributed by atoms with Gasteiger partial charge in [-0.2, -0.15) is 0 Å². The van der Waals surface area contributed by atoms with Crippen molar-refractivity contribution in [2.45, 2.75) is 33.3 Å². The van der Waals surface area contributed by atoms with Gasteiger partial charge in [0.25, 0.3) is 5.91 Å². The fourth-order valence-electron chi connectivity index (χ4n) is 2.61. The molecule has 0 aliphatic heterocycles. The lowest BCUT2D eigenvalue weighted by atomic mass is 10.1. The molecule has 146 valence electrons. The average molecular weight is 391 g/mol. The highest BCUT2D eigenvalue weighted by Gasteiger charge is 2.18. The van der Waals surface area contributed by atoms with E-state index in [0.29, 0.717) is 11.4 Å². The number of hydrogen-bond donors (Lipinski definition) is 1. The smallest absolute Gasteiger partial charge is 0.265 e. The van der Waals surface area contributed by atoms with E-state index in [-0.39, 0.29) is 5.91 Å². The Hall–Kier alpha value is -2.54. The minimum absolute atomic E-state index is 0.240. The van der Waals surface area contributed by atoms with Crippen molar-refractivity contribution >= 4 is 27.3 Å². The summed E-state index contributed by atoms with van der Waals surface area (Å²) in [5.41, 5.74) is 3.42. The molecule has 0 aliphatic carbocycles. The van der Waals surface area contributed by atoms with Gasteiger partial charge < -0.3 is 10.1 Å². The van der Waals surface area contributed by atoms with Gasteiger partial charge in [-0.05, 0) is 55.7 Å². The van der Waals surface area contributed by atoms with Crippen molar-refractivity contribution in [2.75, 3.05) is 22.9 Å². The quantitative estimate of drug-likeness (QED) is 0.787. The van der Waals surface area contributed by atoms with E-state index in [1.807, 2.05) is 32.0 Å². The second-order valence-corrected chi connectivity index (χ2v) is 8.45. The summed E-state index contributed by atoms with van der Waals surface area (Å²) in [5.74, 6) is 0.250. The first-order valence-electron chi connectivity index (χ1n) is 8.73. The van der Waals surface area contributed by atoms with E-state index >= 15 is 0 Å². The topological polar surface area (TPSA) is 75.7 Å². The number of nitrogens with one attached hydrogen (secondary N) is 1. The molecule has 7 heteroatoms. The van der Waals surface area contributed by atoms with Gasteiger partial charge in [0, 0.05) is 12.7 Å². The van der Waals surface area contributed by atoms with Crippen LogP contribution in [0, 0.1) is 6.92 Å². The van der Waals surface area contributed by atoms with Crippen molar-refractivity contribution in [1.82, 2.24) is 0 Å². The number of rotatable bonds is 7. The molecule has 0 unspecified atom stereocenters. The highest BCUT2D eigenvalue weighted by molar-refractivity contribution is 7.92. The van der Waals surface area contributed by atoms with Crippen molar-refractivity contribution in [2.24, 2.45) is 0 Å². The Morgan fingerprint density at radius 3 is 2.37 bits per heavy atom. The number of hydrogen-bond acceptors (Lipinski definition) is 4. The lowest BCUT2D eigenvalue weighted by Crippen LogP contribution is -2.30. The molecule has 0 saturated heterocycles. The van der Waals surface area contributed by atoms with Crippen molar-refractivity contribution in [3.05, 3.63) is 53.6 Å². The number of carbonyl (C=O) groups is 1. The molecule has 2 rings (SSSR count). The molecule has 2 aromatic carbocycles. The first-order chi connectivity index (χ1) is 12.6. The fraction of sp³-hybridized carbons (Fsp3) is 0.350. The van der Waals surface area contributed by atoms with Crippen LogP contribution in [0.5, 0.6) is 5.75 Å². The minimum atomic E-state index is -3.32. The Kier molecular flexibility index (Phi) is 6.49. The predicted molar refractivity (Wildman–Crippen MR) is 109 cm³/mol. The third-order valence-corrected chi connectivity index (χ3v) is 5.57. The standard InChI is InChI=1S/C20H26N2O4S/c1-6-16-9-7-8-14(2)19(16)21-20(23)15(3)26-18-12-10-17(11-13-18)22(4)27(5,24)25/h7-13,15H,6H2,1-5H3,(H,21,23)/t15-/m0/s1. The molecule has 1 N–H and O–H groups in total. The van der Waals surface area contributed by atoms with Crippen LogP contribution in [-0.2, 0) is 21.2 Å². The zero-order valence-electron chi connectivity index (χ0n) is 16.3. The predicted octanol–water partition coefficient (Wildman–Crippen LogP) is 3.36. The van der Waals surface area contributed by atoms with Gasteiger partial charge in [-0.3, -0.25) is 9.10 Å². The zero-order valence-corrected chi connectivity index (χ0v) is 17.1. The maximum atomic E-state index is 12.5. The number of para-hydroxylation sites is 1. The van der Waals surface area contributed by atoms with Crippen LogP contribution in [0.1, 0.15) is 25.0 Å². The molecule has 6 nitrogen and oxygen atoms in total. The number of benzene rings is 2. The summed E-state index contributed by atoms with van der Waals surface area (Å²) in [4.78, 5) is 12.5. The van der Waals surface area contributed by atoms with Crippen molar-refractivity contribution in [1.29, 1.82) is 0 Å². The van der Waals surface area contributed by atoms with Crippen LogP contribution in [-0.4, -0.2) is 33.7 Å². The number of aryl methyl sites for hydroxylation is 2. The lowest BCUT2D eigenvalue weighted by Gasteiger charge is -2.19. The number of sulfonamides is 1. The normalized spacial score (nSPS) is 12.3. The Morgan fingerprint density at radius 1 is 1.19 bits per heavy atom. The SMILES string of the molecule is CCc1cccc(C)c1NC(=O)[C@H](C)Oc1ccc(N(C)S(C)(=O)=O)cc1. The molecule has 0 aliphatic rings. The monoisotopic (exact) mass is 390 g/mol. The largest absolute Gasteiger partial charge is 0.481 e. The Morgan fingerprint density at radius 2 is 1.81 bits per heavy atom. The summed E-state index contributed by atoms with van der Waals surface area (Å²) < 4.78 is 30.0. The third-order valence-electron chi connectivity index (χ3n) is 4.37. The van der Waals surface area contributed by atoms with Crippen LogP contribution in [0.15, 0.2) is 42.5 Å². The molecule has 0 fully saturated rings. The van der Waals surface area contributed by atoms with E-state index in [0.717, 1.165) is 29.5 Å². The van der Waals surface area contributed by atoms with Gasteiger partial charge in [0.1, 0.15) is 5.75 Å². The molecule has 0 radical (unpaired) electrons. The Bertz CT molecular complexity index is 908. The van der Waals surface area contributed by atoms with Gasteiger partial charge in [0.05, 0.1) is 11.9 Å². The molecule has 0 saturated carbocycles. The van der Waals surface area contributed by atoms with Crippen LogP contribution in [0.3, 0.4) is 0 Å². The van der Waals surface area contributed by atoms with E-state index in [2.05, 4.69) is 5.32 Å². The second kappa shape index (κ2) is 8.43. The lowest BCUT2D eigenvalue weighted by molar-refractivity contribution is -0.122. The number of amides is 1. The van der Waals surface area contributed by atoms with Crippen LogP contribution < -0.4 is 14.4 Å². The molecule has 0 spiro atoms. The van der Waals surface area contributed by atoms with E-state index in [9.17, 15) is 13.2 Å². The highest BCUT2D eigenvalue weighted by atomic mass is 32.2. The summed E-state index contributed by atoms with van der Waals surface area (Å²) >= 11 is 0. The summed E-state index contributed by atoms with van der Waals surface area (Å²) in [7, 11) is -1.84. The van der Waals surface area contributed by atoms with Crippen molar-refractivity contribution in [3.8, 4) is 5.75 Å². The van der Waals surface area contributed by atoms with Crippen LogP contribution in [0.25, 0.3) is 0 Å². The summed E-state index contributed by atoms with van der Waals surface area (Å²) in [6, 6.07) is 12.5. The van der Waals surface area contributed by atoms with Gasteiger partial charge in [-0.1, -0.05) is 25.1 Å². The van der Waals surface area contributed by atoms with Crippen LogP contribution >= 0.6 is 0 Å². The summed E-state index contributed by atoms with van der Waals surface area (Å²) in [5, 5.41) is 2.95. The van der Waals surface area contributed by atoms with E-state index < -0.39 is 16.1 Å². The van der Waals surface area contributed by atoms with Gasteiger partial charge in [-0.25, -0.2) is 8.42 Å². The summed E-state index contributed by atoms with van der Waals surface area (Å²) in [6.45, 7) is 5.67. The molecular formula is C20H26N2O4S. The van der Waals surface area contributed by atoms with Crippen molar-refractivity contribution in [3.63, 3.8) is 0 Å². The maximum absolute atomic E-state index is 12.5. The first kappa shape index (κ1) is 20.8. The van der Waals surface area contributed by atoms with E-state index in [4.69, 9.17) is 4.74 Å².